The van der Waals surface area contributed by atoms with Crippen LogP contribution < -0.4 is 5.73 Å². The number of hydrogen-bond donors (Lipinski definition) is 1. The Labute approximate surface area is 88.6 Å². The highest BCUT2D eigenvalue weighted by atomic mass is 32.2. The maximum atomic E-state index is 11.3. The molecule has 2 N–H and O–H groups in total. The molecule has 1 aliphatic heterocycles. The van der Waals surface area contributed by atoms with Crippen LogP contribution >= 0.6 is 0 Å². The van der Waals surface area contributed by atoms with Crippen LogP contribution in [0.4, 0.5) is 0 Å². The van der Waals surface area contributed by atoms with Gasteiger partial charge in [-0.2, -0.15) is 0 Å². The van der Waals surface area contributed by atoms with Crippen molar-refractivity contribution < 1.29 is 12.8 Å². The predicted molar refractivity (Wildman–Crippen MR) is 55.3 cm³/mol. The second kappa shape index (κ2) is 3.94. The molecule has 0 aliphatic carbocycles. The maximum absolute atomic E-state index is 11.3. The number of rotatable bonds is 3. The van der Waals surface area contributed by atoms with Crippen LogP contribution in [-0.2, 0) is 16.3 Å². The topological polar surface area (TPSA) is 86.2 Å². The molecule has 0 saturated carbocycles. The van der Waals surface area contributed by atoms with E-state index >= 15 is 0 Å². The third kappa shape index (κ3) is 2.38. The molecule has 0 spiro atoms. The number of sulfone groups is 1. The van der Waals surface area contributed by atoms with Crippen LogP contribution in [0.3, 0.4) is 0 Å². The van der Waals surface area contributed by atoms with Gasteiger partial charge in [0.1, 0.15) is 6.26 Å². The summed E-state index contributed by atoms with van der Waals surface area (Å²) in [4.78, 5) is 4.24. The fourth-order valence-electron chi connectivity index (χ4n) is 1.76. The quantitative estimate of drug-likeness (QED) is 0.794. The Morgan fingerprint density at radius 3 is 3.00 bits per heavy atom. The SMILES string of the molecule is NCCc1coc(C2CCS(=O)(=O)C2)n1. The number of oxazole rings is 1. The van der Waals surface area contributed by atoms with E-state index in [9.17, 15) is 8.42 Å². The fraction of sp³-hybridized carbons (Fsp3) is 0.667. The smallest absolute Gasteiger partial charge is 0.198 e. The molecule has 0 amide bonds. The van der Waals surface area contributed by atoms with E-state index in [1.165, 1.54) is 0 Å². The molecule has 1 aliphatic rings. The third-order valence-corrected chi connectivity index (χ3v) is 4.32. The summed E-state index contributed by atoms with van der Waals surface area (Å²) >= 11 is 0. The second-order valence-corrected chi connectivity index (χ2v) is 6.04. The minimum atomic E-state index is -2.87. The molecule has 0 bridgehead atoms. The van der Waals surface area contributed by atoms with Gasteiger partial charge in [-0.25, -0.2) is 13.4 Å². The molecule has 1 unspecified atom stereocenters. The van der Waals surface area contributed by atoms with Crippen LogP contribution in [0.1, 0.15) is 23.9 Å². The van der Waals surface area contributed by atoms with Crippen molar-refractivity contribution in [1.29, 1.82) is 0 Å². The van der Waals surface area contributed by atoms with Crippen molar-refractivity contribution in [2.45, 2.75) is 18.8 Å². The van der Waals surface area contributed by atoms with E-state index in [1.54, 1.807) is 6.26 Å². The van der Waals surface area contributed by atoms with Gasteiger partial charge in [-0.15, -0.1) is 0 Å². The largest absolute Gasteiger partial charge is 0.448 e. The summed E-state index contributed by atoms with van der Waals surface area (Å²) < 4.78 is 27.8. The van der Waals surface area contributed by atoms with Gasteiger partial charge in [-0.1, -0.05) is 0 Å². The predicted octanol–water partition coefficient (Wildman–Crippen LogP) is 0.0779. The van der Waals surface area contributed by atoms with Gasteiger partial charge < -0.3 is 10.2 Å². The Morgan fingerprint density at radius 1 is 1.60 bits per heavy atom. The first kappa shape index (κ1) is 10.6. The van der Waals surface area contributed by atoms with Gasteiger partial charge in [0.15, 0.2) is 15.7 Å². The maximum Gasteiger partial charge on any atom is 0.198 e. The van der Waals surface area contributed by atoms with Crippen molar-refractivity contribution >= 4 is 9.84 Å². The molecule has 2 rings (SSSR count). The van der Waals surface area contributed by atoms with Crippen LogP contribution in [0.15, 0.2) is 10.7 Å². The molecular formula is C9H14N2O3S. The fourth-order valence-corrected chi connectivity index (χ4v) is 3.50. The molecule has 1 atom stereocenters. The van der Waals surface area contributed by atoms with Gasteiger partial charge in [-0.3, -0.25) is 0 Å². The lowest BCUT2D eigenvalue weighted by molar-refractivity contribution is 0.460. The summed E-state index contributed by atoms with van der Waals surface area (Å²) in [6, 6.07) is 0. The van der Waals surface area contributed by atoms with E-state index in [4.69, 9.17) is 10.2 Å². The molecule has 1 fully saturated rings. The van der Waals surface area contributed by atoms with Crippen molar-refractivity contribution in [2.75, 3.05) is 18.1 Å². The van der Waals surface area contributed by atoms with Crippen molar-refractivity contribution in [3.63, 3.8) is 0 Å². The zero-order valence-electron chi connectivity index (χ0n) is 8.35. The molecular weight excluding hydrogens is 216 g/mol. The average molecular weight is 230 g/mol. The molecule has 0 radical (unpaired) electrons. The molecule has 0 aromatic carbocycles. The summed E-state index contributed by atoms with van der Waals surface area (Å²) in [6.07, 6.45) is 2.85. The molecule has 1 aromatic rings. The second-order valence-electron chi connectivity index (χ2n) is 3.82. The van der Waals surface area contributed by atoms with E-state index in [-0.39, 0.29) is 17.4 Å². The molecule has 1 saturated heterocycles. The molecule has 2 heterocycles. The Bertz CT molecular complexity index is 438. The van der Waals surface area contributed by atoms with Crippen molar-refractivity contribution in [3.8, 4) is 0 Å². The van der Waals surface area contributed by atoms with Gasteiger partial charge in [-0.05, 0) is 13.0 Å². The summed E-state index contributed by atoms with van der Waals surface area (Å²) in [6.45, 7) is 0.523. The minimum Gasteiger partial charge on any atom is -0.448 e. The Balaban J connectivity index is 2.10. The zero-order valence-corrected chi connectivity index (χ0v) is 9.16. The monoisotopic (exact) mass is 230 g/mol. The summed E-state index contributed by atoms with van der Waals surface area (Å²) in [7, 11) is -2.87. The first-order valence-electron chi connectivity index (χ1n) is 4.95. The highest BCUT2D eigenvalue weighted by Gasteiger charge is 2.32. The standard InChI is InChI=1S/C9H14N2O3S/c10-3-1-8-5-14-9(11-8)7-2-4-15(12,13)6-7/h5,7H,1-4,6,10H2. The molecule has 1 aromatic heterocycles. The first-order chi connectivity index (χ1) is 7.11. The Hall–Kier alpha value is -0.880. The number of aromatic nitrogens is 1. The van der Waals surface area contributed by atoms with Gasteiger partial charge in [0.2, 0.25) is 0 Å². The van der Waals surface area contributed by atoms with Crippen molar-refractivity contribution in [2.24, 2.45) is 5.73 Å². The average Bonchev–Trinajstić information content (AvgIpc) is 2.73. The van der Waals surface area contributed by atoms with Gasteiger partial charge in [0.25, 0.3) is 0 Å². The van der Waals surface area contributed by atoms with Gasteiger partial charge in [0.05, 0.1) is 23.1 Å². The van der Waals surface area contributed by atoms with E-state index < -0.39 is 9.84 Å². The van der Waals surface area contributed by atoms with Crippen LogP contribution in [0.25, 0.3) is 0 Å². The lowest BCUT2D eigenvalue weighted by Gasteiger charge is -1.99. The highest BCUT2D eigenvalue weighted by molar-refractivity contribution is 7.91. The Morgan fingerprint density at radius 2 is 2.40 bits per heavy atom. The third-order valence-electron chi connectivity index (χ3n) is 2.55. The number of nitrogens with zero attached hydrogens (tertiary/aromatic N) is 1. The van der Waals surface area contributed by atoms with Crippen LogP contribution in [0.5, 0.6) is 0 Å². The number of nitrogens with two attached hydrogens (primary N) is 1. The normalized spacial score (nSPS) is 24.5. The van der Waals surface area contributed by atoms with E-state index in [0.717, 1.165) is 5.69 Å². The minimum absolute atomic E-state index is 0.0680. The van der Waals surface area contributed by atoms with Crippen LogP contribution in [0, 0.1) is 0 Å². The van der Waals surface area contributed by atoms with E-state index in [0.29, 0.717) is 25.3 Å². The van der Waals surface area contributed by atoms with Crippen LogP contribution in [-0.4, -0.2) is 31.5 Å². The van der Waals surface area contributed by atoms with Gasteiger partial charge >= 0.3 is 0 Å². The Kier molecular flexibility index (Phi) is 2.79. The van der Waals surface area contributed by atoms with Gasteiger partial charge in [0, 0.05) is 6.42 Å². The number of hydrogen-bond acceptors (Lipinski definition) is 5. The molecule has 15 heavy (non-hydrogen) atoms. The summed E-state index contributed by atoms with van der Waals surface area (Å²) in [5.41, 5.74) is 6.19. The lowest BCUT2D eigenvalue weighted by atomic mass is 10.1. The highest BCUT2D eigenvalue weighted by Crippen LogP contribution is 2.28. The zero-order chi connectivity index (χ0) is 10.9. The summed E-state index contributed by atoms with van der Waals surface area (Å²) in [5, 5.41) is 0. The molecule has 6 heteroatoms. The van der Waals surface area contributed by atoms with Crippen molar-refractivity contribution in [3.05, 3.63) is 17.8 Å². The lowest BCUT2D eigenvalue weighted by Crippen LogP contribution is -2.05. The van der Waals surface area contributed by atoms with E-state index in [2.05, 4.69) is 4.98 Å². The molecule has 84 valence electrons. The summed E-state index contributed by atoms with van der Waals surface area (Å²) in [5.74, 6) is 0.878. The van der Waals surface area contributed by atoms with E-state index in [1.807, 2.05) is 0 Å². The molecule has 5 nitrogen and oxygen atoms in total. The first-order valence-corrected chi connectivity index (χ1v) is 6.77. The van der Waals surface area contributed by atoms with Crippen molar-refractivity contribution in [1.82, 2.24) is 4.98 Å². The van der Waals surface area contributed by atoms with Crippen LogP contribution in [0.2, 0.25) is 0 Å².